The summed E-state index contributed by atoms with van der Waals surface area (Å²) in [5, 5.41) is 9.80. The highest BCUT2D eigenvalue weighted by Gasteiger charge is 2.43. The van der Waals surface area contributed by atoms with Crippen molar-refractivity contribution in [3.8, 4) is 11.8 Å². The van der Waals surface area contributed by atoms with Gasteiger partial charge in [-0.2, -0.15) is 5.26 Å². The zero-order chi connectivity index (χ0) is 11.6. The van der Waals surface area contributed by atoms with E-state index >= 15 is 0 Å². The minimum atomic E-state index is 0.0730. The number of rotatable bonds is 4. The van der Waals surface area contributed by atoms with Crippen molar-refractivity contribution in [3.05, 3.63) is 28.2 Å². The first-order valence-electron chi connectivity index (χ1n) is 5.09. The molecule has 0 unspecified atom stereocenters. The van der Waals surface area contributed by atoms with Crippen molar-refractivity contribution in [3.63, 3.8) is 0 Å². The van der Waals surface area contributed by atoms with E-state index in [2.05, 4.69) is 6.07 Å². The van der Waals surface area contributed by atoms with Crippen LogP contribution in [-0.4, -0.2) is 6.61 Å². The fraction of sp³-hybridized carbons (Fsp3) is 0.417. The Morgan fingerprint density at radius 2 is 1.88 bits per heavy atom. The van der Waals surface area contributed by atoms with E-state index in [9.17, 15) is 0 Å². The Bertz CT molecular complexity index is 415. The number of nitriles is 1. The van der Waals surface area contributed by atoms with E-state index in [1.165, 1.54) is 0 Å². The third-order valence-corrected chi connectivity index (χ3v) is 3.23. The molecule has 0 amide bonds. The summed E-state index contributed by atoms with van der Waals surface area (Å²) in [6.07, 6.45) is 2.69. The first-order chi connectivity index (χ1) is 7.63. The van der Waals surface area contributed by atoms with Gasteiger partial charge in [-0.15, -0.1) is 0 Å². The molecule has 0 N–H and O–H groups in total. The molecule has 84 valence electrons. The highest BCUT2D eigenvalue weighted by molar-refractivity contribution is 6.34. The summed E-state index contributed by atoms with van der Waals surface area (Å²) in [7, 11) is 0. The fourth-order valence-corrected chi connectivity index (χ4v) is 2.07. The third kappa shape index (κ3) is 2.81. The van der Waals surface area contributed by atoms with Crippen LogP contribution >= 0.6 is 23.2 Å². The average molecular weight is 256 g/mol. The van der Waals surface area contributed by atoms with Crippen LogP contribution in [0.15, 0.2) is 18.2 Å². The Kier molecular flexibility index (Phi) is 3.28. The maximum absolute atomic E-state index is 8.68. The Morgan fingerprint density at radius 1 is 1.25 bits per heavy atom. The minimum Gasteiger partial charge on any atom is -0.493 e. The number of hydrogen-bond donors (Lipinski definition) is 0. The summed E-state index contributed by atoms with van der Waals surface area (Å²) in [4.78, 5) is 0. The van der Waals surface area contributed by atoms with Crippen LogP contribution in [0, 0.1) is 16.7 Å². The SMILES string of the molecule is N#CCC1(COc2cc(Cl)cc(Cl)c2)CC1. The van der Waals surface area contributed by atoms with Gasteiger partial charge in [0, 0.05) is 21.9 Å². The third-order valence-electron chi connectivity index (χ3n) is 2.79. The zero-order valence-corrected chi connectivity index (χ0v) is 10.2. The molecular weight excluding hydrogens is 245 g/mol. The maximum Gasteiger partial charge on any atom is 0.122 e. The van der Waals surface area contributed by atoms with Crippen molar-refractivity contribution in [2.75, 3.05) is 6.61 Å². The van der Waals surface area contributed by atoms with Gasteiger partial charge in [0.2, 0.25) is 0 Å². The van der Waals surface area contributed by atoms with Gasteiger partial charge in [-0.3, -0.25) is 0 Å². The van der Waals surface area contributed by atoms with Crippen LogP contribution in [0.3, 0.4) is 0 Å². The van der Waals surface area contributed by atoms with Crippen LogP contribution in [0.4, 0.5) is 0 Å². The molecule has 16 heavy (non-hydrogen) atoms. The summed E-state index contributed by atoms with van der Waals surface area (Å²) in [5.41, 5.74) is 0.0730. The molecule has 2 nitrogen and oxygen atoms in total. The second-order valence-electron chi connectivity index (χ2n) is 4.23. The van der Waals surface area contributed by atoms with Crippen LogP contribution in [0.25, 0.3) is 0 Å². The molecule has 0 aliphatic heterocycles. The van der Waals surface area contributed by atoms with Crippen LogP contribution in [-0.2, 0) is 0 Å². The molecule has 1 saturated carbocycles. The van der Waals surface area contributed by atoms with Crippen LogP contribution in [0.5, 0.6) is 5.75 Å². The monoisotopic (exact) mass is 255 g/mol. The highest BCUT2D eigenvalue weighted by Crippen LogP contribution is 2.48. The number of hydrogen-bond acceptors (Lipinski definition) is 2. The van der Waals surface area contributed by atoms with E-state index in [0.717, 1.165) is 12.8 Å². The summed E-state index contributed by atoms with van der Waals surface area (Å²) in [5.74, 6) is 0.668. The molecule has 4 heteroatoms. The maximum atomic E-state index is 8.68. The molecule has 0 aromatic heterocycles. The molecule has 1 aliphatic carbocycles. The van der Waals surface area contributed by atoms with Gasteiger partial charge in [0.15, 0.2) is 0 Å². The van der Waals surface area contributed by atoms with Crippen molar-refractivity contribution in [2.45, 2.75) is 19.3 Å². The van der Waals surface area contributed by atoms with Gasteiger partial charge in [-0.1, -0.05) is 23.2 Å². The lowest BCUT2D eigenvalue weighted by Gasteiger charge is -2.13. The quantitative estimate of drug-likeness (QED) is 0.813. The average Bonchev–Trinajstić information content (AvgIpc) is 2.95. The predicted molar refractivity (Wildman–Crippen MR) is 63.9 cm³/mol. The molecular formula is C12H11Cl2NO. The largest absolute Gasteiger partial charge is 0.493 e. The van der Waals surface area contributed by atoms with Gasteiger partial charge >= 0.3 is 0 Å². The summed E-state index contributed by atoms with van der Waals surface area (Å²) >= 11 is 11.7. The van der Waals surface area contributed by atoms with E-state index in [0.29, 0.717) is 28.8 Å². The molecule has 2 rings (SSSR count). The normalized spacial score (nSPS) is 16.6. The topological polar surface area (TPSA) is 33.0 Å². The molecule has 1 aromatic carbocycles. The lowest BCUT2D eigenvalue weighted by molar-refractivity contribution is 0.237. The van der Waals surface area contributed by atoms with Crippen LogP contribution < -0.4 is 4.74 Å². The second-order valence-corrected chi connectivity index (χ2v) is 5.10. The van der Waals surface area contributed by atoms with E-state index in [1.54, 1.807) is 18.2 Å². The van der Waals surface area contributed by atoms with Crippen molar-refractivity contribution >= 4 is 23.2 Å². The zero-order valence-electron chi connectivity index (χ0n) is 8.67. The molecule has 1 fully saturated rings. The first-order valence-corrected chi connectivity index (χ1v) is 5.85. The Balaban J connectivity index is 1.97. The number of benzene rings is 1. The lowest BCUT2D eigenvalue weighted by Crippen LogP contribution is -2.12. The second kappa shape index (κ2) is 4.53. The van der Waals surface area contributed by atoms with E-state index in [4.69, 9.17) is 33.2 Å². The van der Waals surface area contributed by atoms with Gasteiger partial charge in [0.05, 0.1) is 12.7 Å². The molecule has 1 aromatic rings. The summed E-state index contributed by atoms with van der Waals surface area (Å²) in [6, 6.07) is 7.33. The van der Waals surface area contributed by atoms with E-state index in [1.807, 2.05) is 0 Å². The predicted octanol–water partition coefficient (Wildman–Crippen LogP) is 4.07. The van der Waals surface area contributed by atoms with E-state index in [-0.39, 0.29) is 5.41 Å². The van der Waals surface area contributed by atoms with Gasteiger partial charge in [0.25, 0.3) is 0 Å². The molecule has 0 spiro atoms. The smallest absolute Gasteiger partial charge is 0.122 e. The minimum absolute atomic E-state index is 0.0730. The van der Waals surface area contributed by atoms with Crippen LogP contribution in [0.2, 0.25) is 10.0 Å². The van der Waals surface area contributed by atoms with Crippen molar-refractivity contribution in [1.82, 2.24) is 0 Å². The molecule has 0 heterocycles. The Hall–Kier alpha value is -0.910. The van der Waals surface area contributed by atoms with Gasteiger partial charge in [0.1, 0.15) is 5.75 Å². The summed E-state index contributed by atoms with van der Waals surface area (Å²) in [6.45, 7) is 0.567. The highest BCUT2D eigenvalue weighted by atomic mass is 35.5. The van der Waals surface area contributed by atoms with Crippen molar-refractivity contribution in [2.24, 2.45) is 5.41 Å². The molecule has 0 radical (unpaired) electrons. The van der Waals surface area contributed by atoms with Gasteiger partial charge in [-0.05, 0) is 31.0 Å². The number of nitrogens with zero attached hydrogens (tertiary/aromatic N) is 1. The first kappa shape index (κ1) is 11.6. The number of halogens is 2. The Labute approximate surface area is 105 Å². The van der Waals surface area contributed by atoms with Crippen LogP contribution in [0.1, 0.15) is 19.3 Å². The lowest BCUT2D eigenvalue weighted by atomic mass is 10.1. The molecule has 0 atom stereocenters. The van der Waals surface area contributed by atoms with E-state index < -0.39 is 0 Å². The Morgan fingerprint density at radius 3 is 2.38 bits per heavy atom. The molecule has 1 aliphatic rings. The molecule has 0 bridgehead atoms. The number of ether oxygens (including phenoxy) is 1. The standard InChI is InChI=1S/C12H11Cl2NO/c13-9-5-10(14)7-11(6-9)16-8-12(1-2-12)3-4-15/h5-7H,1-3,8H2. The molecule has 0 saturated heterocycles. The van der Waals surface area contributed by atoms with Crippen molar-refractivity contribution in [1.29, 1.82) is 5.26 Å². The summed E-state index contributed by atoms with van der Waals surface area (Å²) < 4.78 is 5.63. The fourth-order valence-electron chi connectivity index (χ4n) is 1.56. The van der Waals surface area contributed by atoms with Crippen molar-refractivity contribution < 1.29 is 4.74 Å². The van der Waals surface area contributed by atoms with Gasteiger partial charge < -0.3 is 4.74 Å². The van der Waals surface area contributed by atoms with Gasteiger partial charge in [-0.25, -0.2) is 0 Å².